The minimum Gasteiger partial charge on any atom is -0.492 e. The summed E-state index contributed by atoms with van der Waals surface area (Å²) in [6, 6.07) is 10.4. The molecule has 130 valence electrons. The Kier molecular flexibility index (Phi) is 10.1. The third kappa shape index (κ3) is 8.47. The molecule has 3 heteroatoms. The second kappa shape index (κ2) is 11.6. The molecule has 1 aromatic carbocycles. The van der Waals surface area contributed by atoms with Crippen LogP contribution in [-0.4, -0.2) is 42.6 Å². The van der Waals surface area contributed by atoms with Gasteiger partial charge in [0.25, 0.3) is 0 Å². The monoisotopic (exact) mass is 335 g/mol. The highest BCUT2D eigenvalue weighted by molar-refractivity contribution is 7.99. The van der Waals surface area contributed by atoms with E-state index in [-0.39, 0.29) is 0 Å². The van der Waals surface area contributed by atoms with Crippen LogP contribution < -0.4 is 4.74 Å². The van der Waals surface area contributed by atoms with Crippen molar-refractivity contribution < 1.29 is 4.74 Å². The van der Waals surface area contributed by atoms with E-state index >= 15 is 0 Å². The highest BCUT2D eigenvalue weighted by Gasteiger charge is 2.11. The summed E-state index contributed by atoms with van der Waals surface area (Å²) in [6.45, 7) is 10.7. The van der Waals surface area contributed by atoms with E-state index in [9.17, 15) is 0 Å². The number of hydrogen-bond acceptors (Lipinski definition) is 3. The Morgan fingerprint density at radius 1 is 1.17 bits per heavy atom. The molecule has 0 aromatic heterocycles. The second-order valence-corrected chi connectivity index (χ2v) is 7.46. The van der Waals surface area contributed by atoms with Gasteiger partial charge in [-0.1, -0.05) is 42.7 Å². The van der Waals surface area contributed by atoms with Gasteiger partial charge in [-0.15, -0.1) is 0 Å². The van der Waals surface area contributed by atoms with E-state index in [4.69, 9.17) is 4.74 Å². The number of benzene rings is 1. The molecule has 0 aliphatic rings. The molecule has 0 fully saturated rings. The molecule has 0 saturated heterocycles. The Morgan fingerprint density at radius 2 is 1.87 bits per heavy atom. The van der Waals surface area contributed by atoms with Crippen molar-refractivity contribution in [2.45, 2.75) is 46.6 Å². The SMILES string of the molecule is CCCCSC/C(C)=C(/C)CN(C)C(C)COc1ccccc1. The number of para-hydroxylation sites is 1. The van der Waals surface area contributed by atoms with Crippen molar-refractivity contribution in [3.05, 3.63) is 41.5 Å². The molecular weight excluding hydrogens is 302 g/mol. The first-order chi connectivity index (χ1) is 11.0. The van der Waals surface area contributed by atoms with Gasteiger partial charge in [-0.25, -0.2) is 0 Å². The molecule has 0 radical (unpaired) electrons. The number of unbranched alkanes of at least 4 members (excludes halogenated alkanes) is 1. The molecule has 0 aliphatic heterocycles. The summed E-state index contributed by atoms with van der Waals surface area (Å²) in [6.07, 6.45) is 2.61. The lowest BCUT2D eigenvalue weighted by Gasteiger charge is -2.26. The first kappa shape index (κ1) is 20.1. The first-order valence-electron chi connectivity index (χ1n) is 8.65. The summed E-state index contributed by atoms with van der Waals surface area (Å²) in [5.41, 5.74) is 3.01. The van der Waals surface area contributed by atoms with Crippen molar-refractivity contribution in [2.75, 3.05) is 31.7 Å². The molecule has 0 saturated carbocycles. The summed E-state index contributed by atoms with van der Waals surface area (Å²) in [5, 5.41) is 0. The first-order valence-corrected chi connectivity index (χ1v) is 9.81. The van der Waals surface area contributed by atoms with E-state index in [0.717, 1.165) is 24.7 Å². The molecule has 0 bridgehead atoms. The van der Waals surface area contributed by atoms with E-state index in [1.165, 1.54) is 29.7 Å². The van der Waals surface area contributed by atoms with Gasteiger partial charge in [0.2, 0.25) is 0 Å². The van der Waals surface area contributed by atoms with E-state index in [0.29, 0.717) is 6.04 Å². The molecule has 1 unspecified atom stereocenters. The van der Waals surface area contributed by atoms with Gasteiger partial charge in [-0.2, -0.15) is 11.8 Å². The van der Waals surface area contributed by atoms with E-state index in [1.54, 1.807) is 0 Å². The quantitative estimate of drug-likeness (QED) is 0.404. The maximum Gasteiger partial charge on any atom is 0.119 e. The van der Waals surface area contributed by atoms with Gasteiger partial charge >= 0.3 is 0 Å². The summed E-state index contributed by atoms with van der Waals surface area (Å²) in [4.78, 5) is 2.37. The molecule has 1 rings (SSSR count). The van der Waals surface area contributed by atoms with Crippen LogP contribution in [0.3, 0.4) is 0 Å². The number of rotatable bonds is 11. The molecule has 1 aromatic rings. The van der Waals surface area contributed by atoms with Gasteiger partial charge in [0.15, 0.2) is 0 Å². The lowest BCUT2D eigenvalue weighted by Crippen LogP contribution is -2.35. The van der Waals surface area contributed by atoms with Crippen molar-refractivity contribution in [1.29, 1.82) is 0 Å². The molecule has 0 N–H and O–H groups in total. The van der Waals surface area contributed by atoms with Crippen molar-refractivity contribution in [3.63, 3.8) is 0 Å². The Bertz CT molecular complexity index is 458. The minimum absolute atomic E-state index is 0.394. The maximum atomic E-state index is 5.86. The summed E-state index contributed by atoms with van der Waals surface area (Å²) >= 11 is 2.06. The fourth-order valence-corrected chi connectivity index (χ4v) is 3.31. The summed E-state index contributed by atoms with van der Waals surface area (Å²) in [5.74, 6) is 3.39. The maximum absolute atomic E-state index is 5.86. The molecule has 23 heavy (non-hydrogen) atoms. The Morgan fingerprint density at radius 3 is 2.52 bits per heavy atom. The van der Waals surface area contributed by atoms with Crippen molar-refractivity contribution in [3.8, 4) is 5.75 Å². The minimum atomic E-state index is 0.394. The third-order valence-corrected chi connectivity index (χ3v) is 5.38. The molecule has 0 heterocycles. The molecule has 1 atom stereocenters. The number of likely N-dealkylation sites (N-methyl/N-ethyl adjacent to an activating group) is 1. The Labute approximate surface area is 147 Å². The zero-order valence-corrected chi connectivity index (χ0v) is 16.3. The highest BCUT2D eigenvalue weighted by Crippen LogP contribution is 2.15. The average molecular weight is 336 g/mol. The van der Waals surface area contributed by atoms with Crippen LogP contribution in [0.5, 0.6) is 5.75 Å². The largest absolute Gasteiger partial charge is 0.492 e. The highest BCUT2D eigenvalue weighted by atomic mass is 32.2. The van der Waals surface area contributed by atoms with Crippen LogP contribution in [0.25, 0.3) is 0 Å². The zero-order chi connectivity index (χ0) is 17.1. The van der Waals surface area contributed by atoms with Gasteiger partial charge in [0.05, 0.1) is 0 Å². The topological polar surface area (TPSA) is 12.5 Å². The molecule has 0 aliphatic carbocycles. The fraction of sp³-hybridized carbons (Fsp3) is 0.600. The number of nitrogens with zero attached hydrogens (tertiary/aromatic N) is 1. The predicted molar refractivity (Wildman–Crippen MR) is 105 cm³/mol. The van der Waals surface area contributed by atoms with Crippen LogP contribution in [0.2, 0.25) is 0 Å². The standard InChI is InChI=1S/C20H33NOS/c1-6-7-13-23-16-18(3)17(2)14-21(5)19(4)15-22-20-11-9-8-10-12-20/h8-12,19H,6-7,13-16H2,1-5H3/b18-17-. The third-order valence-electron chi connectivity index (χ3n) is 4.16. The molecule has 0 spiro atoms. The molecule has 2 nitrogen and oxygen atoms in total. The Balaban J connectivity index is 2.36. The van der Waals surface area contributed by atoms with Crippen LogP contribution in [0.4, 0.5) is 0 Å². The number of thioether (sulfide) groups is 1. The van der Waals surface area contributed by atoms with Crippen molar-refractivity contribution in [2.24, 2.45) is 0 Å². The zero-order valence-electron chi connectivity index (χ0n) is 15.5. The van der Waals surface area contributed by atoms with Crippen LogP contribution in [-0.2, 0) is 0 Å². The predicted octanol–water partition coefficient (Wildman–Crippen LogP) is 5.26. The lowest BCUT2D eigenvalue weighted by molar-refractivity contribution is 0.182. The smallest absolute Gasteiger partial charge is 0.119 e. The van der Waals surface area contributed by atoms with Crippen molar-refractivity contribution in [1.82, 2.24) is 4.90 Å². The Hall–Kier alpha value is -0.930. The summed E-state index contributed by atoms with van der Waals surface area (Å²) < 4.78 is 5.86. The van der Waals surface area contributed by atoms with E-state index in [1.807, 2.05) is 30.3 Å². The number of hydrogen-bond donors (Lipinski definition) is 0. The van der Waals surface area contributed by atoms with Crippen LogP contribution in [0, 0.1) is 0 Å². The summed E-state index contributed by atoms with van der Waals surface area (Å²) in [7, 11) is 2.18. The number of ether oxygens (including phenoxy) is 1. The lowest BCUT2D eigenvalue weighted by atomic mass is 10.1. The van der Waals surface area contributed by atoms with Crippen LogP contribution in [0.1, 0.15) is 40.5 Å². The van der Waals surface area contributed by atoms with E-state index in [2.05, 4.69) is 51.4 Å². The van der Waals surface area contributed by atoms with Crippen LogP contribution in [0.15, 0.2) is 41.5 Å². The van der Waals surface area contributed by atoms with Gasteiger partial charge in [-0.05, 0) is 52.1 Å². The fourth-order valence-electron chi connectivity index (χ4n) is 2.12. The molecular formula is C20H33NOS. The normalized spacial score (nSPS) is 13.8. The van der Waals surface area contributed by atoms with Gasteiger partial charge in [0, 0.05) is 18.3 Å². The van der Waals surface area contributed by atoms with Gasteiger partial charge in [-0.3, -0.25) is 4.90 Å². The average Bonchev–Trinajstić information content (AvgIpc) is 2.57. The van der Waals surface area contributed by atoms with Crippen molar-refractivity contribution >= 4 is 11.8 Å². The molecule has 0 amide bonds. The van der Waals surface area contributed by atoms with Gasteiger partial charge < -0.3 is 4.74 Å². The van der Waals surface area contributed by atoms with Crippen LogP contribution >= 0.6 is 11.8 Å². The van der Waals surface area contributed by atoms with Gasteiger partial charge in [0.1, 0.15) is 12.4 Å². The second-order valence-electron chi connectivity index (χ2n) is 6.35. The van der Waals surface area contributed by atoms with E-state index < -0.39 is 0 Å².